The third-order valence-corrected chi connectivity index (χ3v) is 5.47. The van der Waals surface area contributed by atoms with Crippen LogP contribution < -0.4 is 5.32 Å². The van der Waals surface area contributed by atoms with Crippen LogP contribution in [0.4, 0.5) is 10.5 Å². The Morgan fingerprint density at radius 2 is 1.88 bits per heavy atom. The number of para-hydroxylation sites is 1. The summed E-state index contributed by atoms with van der Waals surface area (Å²) < 4.78 is 11.3. The first-order valence-electron chi connectivity index (χ1n) is 9.25. The zero-order chi connectivity index (χ0) is 18.1. The molecule has 1 aromatic rings. The van der Waals surface area contributed by atoms with E-state index in [1.807, 2.05) is 36.1 Å². The maximum absolute atomic E-state index is 12.8. The maximum atomic E-state index is 12.8. The van der Waals surface area contributed by atoms with Crippen LogP contribution in [0.1, 0.15) is 12.0 Å². The largest absolute Gasteiger partial charge is 0.378 e. The van der Waals surface area contributed by atoms with E-state index in [-0.39, 0.29) is 30.1 Å². The van der Waals surface area contributed by atoms with Gasteiger partial charge in [0.05, 0.1) is 31.3 Å². The predicted molar refractivity (Wildman–Crippen MR) is 95.9 cm³/mol. The molecule has 3 saturated heterocycles. The smallest absolute Gasteiger partial charge is 0.322 e. The first kappa shape index (κ1) is 17.3. The number of ether oxygens (including phenoxy) is 2. The fourth-order valence-corrected chi connectivity index (χ4v) is 4.01. The molecule has 3 fully saturated rings. The minimum Gasteiger partial charge on any atom is -0.378 e. The van der Waals surface area contributed by atoms with E-state index in [1.54, 1.807) is 4.90 Å². The highest BCUT2D eigenvalue weighted by Crippen LogP contribution is 2.33. The van der Waals surface area contributed by atoms with Gasteiger partial charge in [-0.05, 0) is 25.0 Å². The Labute approximate surface area is 153 Å². The van der Waals surface area contributed by atoms with Crippen molar-refractivity contribution in [2.45, 2.75) is 25.6 Å². The first-order valence-corrected chi connectivity index (χ1v) is 9.25. The number of hydrogen-bond acceptors (Lipinski definition) is 4. The highest BCUT2D eigenvalue weighted by Gasteiger charge is 2.47. The van der Waals surface area contributed by atoms with Gasteiger partial charge in [-0.15, -0.1) is 0 Å². The number of hydrogen-bond donors (Lipinski definition) is 1. The van der Waals surface area contributed by atoms with Crippen LogP contribution in [0.15, 0.2) is 24.3 Å². The maximum Gasteiger partial charge on any atom is 0.322 e. The van der Waals surface area contributed by atoms with Crippen molar-refractivity contribution in [3.63, 3.8) is 0 Å². The summed E-state index contributed by atoms with van der Waals surface area (Å²) in [4.78, 5) is 29.1. The third-order valence-electron chi connectivity index (χ3n) is 5.47. The van der Waals surface area contributed by atoms with Gasteiger partial charge in [0.15, 0.2) is 0 Å². The molecule has 2 bridgehead atoms. The number of urea groups is 1. The molecule has 0 aliphatic carbocycles. The van der Waals surface area contributed by atoms with Crippen molar-refractivity contribution in [1.29, 1.82) is 0 Å². The fourth-order valence-electron chi connectivity index (χ4n) is 4.01. The van der Waals surface area contributed by atoms with Crippen LogP contribution in [0.2, 0.25) is 0 Å². The highest BCUT2D eigenvalue weighted by molar-refractivity contribution is 5.90. The summed E-state index contributed by atoms with van der Waals surface area (Å²) in [5.41, 5.74) is 1.84. The molecule has 4 rings (SSSR count). The molecule has 7 nitrogen and oxygen atoms in total. The van der Waals surface area contributed by atoms with Crippen molar-refractivity contribution in [3.05, 3.63) is 29.8 Å². The minimum atomic E-state index is -0.216. The second-order valence-electron chi connectivity index (χ2n) is 7.23. The van der Waals surface area contributed by atoms with Gasteiger partial charge in [-0.1, -0.05) is 18.2 Å². The number of morpholine rings is 2. The molecular formula is C19H25N3O4. The van der Waals surface area contributed by atoms with Crippen molar-refractivity contribution < 1.29 is 19.1 Å². The highest BCUT2D eigenvalue weighted by atomic mass is 16.5. The van der Waals surface area contributed by atoms with Crippen LogP contribution in [0.5, 0.6) is 0 Å². The Hall–Kier alpha value is -2.12. The number of nitrogens with zero attached hydrogens (tertiary/aromatic N) is 2. The first-order chi connectivity index (χ1) is 12.6. The number of rotatable bonds is 2. The van der Waals surface area contributed by atoms with Gasteiger partial charge in [-0.3, -0.25) is 4.79 Å². The number of benzene rings is 1. The molecule has 0 radical (unpaired) electrons. The molecule has 1 aromatic carbocycles. The van der Waals surface area contributed by atoms with Gasteiger partial charge < -0.3 is 24.6 Å². The molecule has 26 heavy (non-hydrogen) atoms. The number of likely N-dealkylation sites (tertiary alicyclic amines) is 1. The summed E-state index contributed by atoms with van der Waals surface area (Å²) in [5.74, 6) is -0.0173. The monoisotopic (exact) mass is 359 g/mol. The van der Waals surface area contributed by atoms with Crippen molar-refractivity contribution in [1.82, 2.24) is 9.80 Å². The van der Waals surface area contributed by atoms with Crippen molar-refractivity contribution in [3.8, 4) is 0 Å². The second kappa shape index (κ2) is 7.25. The summed E-state index contributed by atoms with van der Waals surface area (Å²) in [7, 11) is 0. The summed E-state index contributed by atoms with van der Waals surface area (Å²) in [5, 5.41) is 2.98. The number of aryl methyl sites for hydroxylation is 1. The number of amides is 3. The topological polar surface area (TPSA) is 71.1 Å². The van der Waals surface area contributed by atoms with Crippen LogP contribution in [0.3, 0.4) is 0 Å². The molecule has 3 atom stereocenters. The molecule has 3 amide bonds. The van der Waals surface area contributed by atoms with Crippen LogP contribution in [0.25, 0.3) is 0 Å². The van der Waals surface area contributed by atoms with E-state index in [1.165, 1.54) is 0 Å². The predicted octanol–water partition coefficient (Wildman–Crippen LogP) is 1.48. The van der Waals surface area contributed by atoms with Gasteiger partial charge in [0, 0.05) is 31.9 Å². The van der Waals surface area contributed by atoms with E-state index in [2.05, 4.69) is 5.32 Å². The number of fused-ring (bicyclic) bond motifs is 2. The van der Waals surface area contributed by atoms with E-state index in [9.17, 15) is 9.59 Å². The lowest BCUT2D eigenvalue weighted by Crippen LogP contribution is -2.50. The van der Waals surface area contributed by atoms with Crippen molar-refractivity contribution >= 4 is 17.6 Å². The van der Waals surface area contributed by atoms with E-state index >= 15 is 0 Å². The van der Waals surface area contributed by atoms with E-state index in [0.717, 1.165) is 11.3 Å². The van der Waals surface area contributed by atoms with Gasteiger partial charge in [-0.2, -0.15) is 0 Å². The molecule has 140 valence electrons. The number of carbonyl (C=O) groups excluding carboxylic acids is 2. The average Bonchev–Trinajstić information content (AvgIpc) is 2.97. The van der Waals surface area contributed by atoms with Crippen molar-refractivity contribution in [2.75, 3.05) is 44.7 Å². The van der Waals surface area contributed by atoms with Gasteiger partial charge in [-0.25, -0.2) is 4.79 Å². The SMILES string of the molecule is Cc1ccccc1NC(=O)N1C[C@@H]2C[C@@H](C(=O)N3CCOCC3)[C@H](C1)O2. The molecule has 1 N–H and O–H groups in total. The van der Waals surface area contributed by atoms with E-state index in [0.29, 0.717) is 45.8 Å². The van der Waals surface area contributed by atoms with Gasteiger partial charge in [0.1, 0.15) is 0 Å². The zero-order valence-corrected chi connectivity index (χ0v) is 15.0. The molecule has 3 aliphatic heterocycles. The quantitative estimate of drug-likeness (QED) is 0.868. The molecule has 3 aliphatic rings. The Morgan fingerprint density at radius 1 is 1.12 bits per heavy atom. The van der Waals surface area contributed by atoms with E-state index in [4.69, 9.17) is 9.47 Å². The summed E-state index contributed by atoms with van der Waals surface area (Å²) >= 11 is 0. The van der Waals surface area contributed by atoms with Crippen LogP contribution >= 0.6 is 0 Å². The number of carbonyl (C=O) groups is 2. The Balaban J connectivity index is 1.39. The fraction of sp³-hybridized carbons (Fsp3) is 0.579. The molecule has 0 unspecified atom stereocenters. The standard InChI is InChI=1S/C19H25N3O4/c1-13-4-2-3-5-16(13)20-19(24)22-11-14-10-15(17(12-22)26-14)18(23)21-6-8-25-9-7-21/h2-5,14-15,17H,6-12H2,1H3,(H,20,24)/t14-,15+,17-/m0/s1. The molecular weight excluding hydrogens is 334 g/mol. The van der Waals surface area contributed by atoms with E-state index < -0.39 is 0 Å². The molecule has 0 aromatic heterocycles. The lowest BCUT2D eigenvalue weighted by Gasteiger charge is -2.34. The van der Waals surface area contributed by atoms with Gasteiger partial charge >= 0.3 is 6.03 Å². The minimum absolute atomic E-state index is 0.0636. The summed E-state index contributed by atoms with van der Waals surface area (Å²) in [6, 6.07) is 7.59. The third kappa shape index (κ3) is 3.41. The Morgan fingerprint density at radius 3 is 2.65 bits per heavy atom. The Bertz CT molecular complexity index is 689. The second-order valence-corrected chi connectivity index (χ2v) is 7.23. The lowest BCUT2D eigenvalue weighted by atomic mass is 9.98. The van der Waals surface area contributed by atoms with Gasteiger partial charge in [0.25, 0.3) is 0 Å². The summed E-state index contributed by atoms with van der Waals surface area (Å²) in [6.07, 6.45) is 0.410. The van der Waals surface area contributed by atoms with Crippen LogP contribution in [-0.2, 0) is 14.3 Å². The molecule has 0 saturated carbocycles. The number of nitrogens with one attached hydrogen (secondary N) is 1. The molecule has 0 spiro atoms. The van der Waals surface area contributed by atoms with Gasteiger partial charge in [0.2, 0.25) is 5.91 Å². The van der Waals surface area contributed by atoms with Crippen molar-refractivity contribution in [2.24, 2.45) is 5.92 Å². The summed E-state index contributed by atoms with van der Waals surface area (Å²) in [6.45, 7) is 5.43. The van der Waals surface area contributed by atoms with Crippen LogP contribution in [0, 0.1) is 12.8 Å². The lowest BCUT2D eigenvalue weighted by molar-refractivity contribution is -0.142. The molecule has 7 heteroatoms. The zero-order valence-electron chi connectivity index (χ0n) is 15.0. The van der Waals surface area contributed by atoms with Crippen LogP contribution in [-0.4, -0.2) is 73.3 Å². The average molecular weight is 359 g/mol. The number of anilines is 1. The molecule has 3 heterocycles. The Kier molecular flexibility index (Phi) is 4.82. The normalized spacial score (nSPS) is 28.1.